The van der Waals surface area contributed by atoms with E-state index >= 15 is 0 Å². The quantitative estimate of drug-likeness (QED) is 0.150. The summed E-state index contributed by atoms with van der Waals surface area (Å²) < 4.78 is 0. The lowest BCUT2D eigenvalue weighted by Crippen LogP contribution is -2.32. The summed E-state index contributed by atoms with van der Waals surface area (Å²) in [6.07, 6.45) is 2.63. The van der Waals surface area contributed by atoms with Crippen LogP contribution in [0.2, 0.25) is 24.7 Å². The number of rotatable bonds is 11. The van der Waals surface area contributed by atoms with Crippen LogP contribution in [0.1, 0.15) is 6.92 Å². The zero-order valence-corrected chi connectivity index (χ0v) is 23.3. The number of hydrogen-bond donors (Lipinski definition) is 0. The minimum absolute atomic E-state index is 0.295. The minimum atomic E-state index is -1.35. The molecule has 34 heavy (non-hydrogen) atoms. The molecule has 0 aliphatic heterocycles. The first kappa shape index (κ1) is 25.1. The molecule has 0 unspecified atom stereocenters. The maximum atomic E-state index is 2.67. The van der Waals surface area contributed by atoms with E-state index in [1.165, 1.54) is 51.7 Å². The molecule has 0 amide bonds. The third kappa shape index (κ3) is 6.76. The normalized spacial score (nSPS) is 11.8. The molecule has 4 aromatic rings. The van der Waals surface area contributed by atoms with Crippen LogP contribution in [0.4, 0.5) is 0 Å². The average molecular weight is 499 g/mol. The molecule has 0 aromatic heterocycles. The highest BCUT2D eigenvalue weighted by Gasteiger charge is 2.28. The van der Waals surface area contributed by atoms with Gasteiger partial charge in [-0.15, -0.1) is 0 Å². The highest BCUT2D eigenvalue weighted by molar-refractivity contribution is 7.73. The first-order valence-corrected chi connectivity index (χ1v) is 18.6. The van der Waals surface area contributed by atoms with E-state index in [1.807, 2.05) is 0 Å². The second kappa shape index (κ2) is 12.6. The van der Waals surface area contributed by atoms with Crippen molar-refractivity contribution in [1.29, 1.82) is 0 Å². The smallest absolute Gasteiger partial charge is 0.0509 e. The molecule has 4 rings (SSSR count). The van der Waals surface area contributed by atoms with Crippen LogP contribution in [-0.2, 0) is 0 Å². The first-order valence-electron chi connectivity index (χ1n) is 12.4. The fourth-order valence-electron chi connectivity index (χ4n) is 4.49. The summed E-state index contributed by atoms with van der Waals surface area (Å²) in [4.78, 5) is 0. The average Bonchev–Trinajstić information content (AvgIpc) is 2.91. The Morgan fingerprint density at radius 1 is 0.471 bits per heavy atom. The fourth-order valence-corrected chi connectivity index (χ4v) is 15.3. The van der Waals surface area contributed by atoms with Gasteiger partial charge in [-0.2, -0.15) is 0 Å². The zero-order chi connectivity index (χ0) is 23.6. The SMILES string of the molecule is CC[Si](C)(CCP(c1ccccc1)c1ccccc1)CCP(c1ccccc1)c1ccccc1. The Bertz CT molecular complexity index is 935. The van der Waals surface area contributed by atoms with Crippen molar-refractivity contribution >= 4 is 45.1 Å². The van der Waals surface area contributed by atoms with E-state index in [0.29, 0.717) is 0 Å². The first-order chi connectivity index (χ1) is 16.7. The van der Waals surface area contributed by atoms with E-state index in [2.05, 4.69) is 135 Å². The third-order valence-corrected chi connectivity index (χ3v) is 17.5. The summed E-state index contributed by atoms with van der Waals surface area (Å²) in [5.41, 5.74) is 0. The van der Waals surface area contributed by atoms with Gasteiger partial charge in [0.15, 0.2) is 0 Å². The maximum Gasteiger partial charge on any atom is 0.0509 e. The molecule has 174 valence electrons. The molecule has 0 nitrogen and oxygen atoms in total. The van der Waals surface area contributed by atoms with Crippen LogP contribution in [0.5, 0.6) is 0 Å². The molecule has 0 bridgehead atoms. The minimum Gasteiger partial charge on any atom is -0.0691 e. The van der Waals surface area contributed by atoms with Crippen molar-refractivity contribution in [3.63, 3.8) is 0 Å². The Kier molecular flexibility index (Phi) is 9.29. The van der Waals surface area contributed by atoms with E-state index in [9.17, 15) is 0 Å². The predicted octanol–water partition coefficient (Wildman–Crippen LogP) is 7.35. The molecule has 0 radical (unpaired) electrons. The molecule has 0 spiro atoms. The molecule has 0 saturated carbocycles. The molecule has 0 aliphatic carbocycles. The Hall–Kier alpha value is -2.04. The van der Waals surface area contributed by atoms with E-state index in [-0.39, 0.29) is 15.8 Å². The van der Waals surface area contributed by atoms with Crippen LogP contribution in [0, 0.1) is 0 Å². The van der Waals surface area contributed by atoms with Gasteiger partial charge in [-0.25, -0.2) is 0 Å². The van der Waals surface area contributed by atoms with Gasteiger partial charge in [0.25, 0.3) is 0 Å². The number of hydrogen-bond acceptors (Lipinski definition) is 0. The van der Waals surface area contributed by atoms with Gasteiger partial charge in [-0.1, -0.05) is 153 Å². The van der Waals surface area contributed by atoms with Crippen molar-refractivity contribution in [3.8, 4) is 0 Å². The Morgan fingerprint density at radius 3 is 0.971 bits per heavy atom. The summed E-state index contributed by atoms with van der Waals surface area (Å²) >= 11 is 0. The van der Waals surface area contributed by atoms with Crippen LogP contribution in [-0.4, -0.2) is 20.4 Å². The van der Waals surface area contributed by atoms with Gasteiger partial charge in [0.1, 0.15) is 0 Å². The second-order valence-electron chi connectivity index (χ2n) is 9.31. The molecular weight excluding hydrogens is 462 g/mol. The van der Waals surface area contributed by atoms with Crippen LogP contribution in [0.25, 0.3) is 0 Å². The molecule has 0 aliphatic rings. The topological polar surface area (TPSA) is 0 Å². The molecule has 0 atom stereocenters. The van der Waals surface area contributed by atoms with Crippen molar-refractivity contribution in [1.82, 2.24) is 0 Å². The van der Waals surface area contributed by atoms with Gasteiger partial charge < -0.3 is 0 Å². The summed E-state index contributed by atoms with van der Waals surface area (Å²) in [6, 6.07) is 49.1. The van der Waals surface area contributed by atoms with Crippen molar-refractivity contribution in [2.75, 3.05) is 12.3 Å². The standard InChI is InChI=1S/C31H36P2Si/c1-3-34(2,26-24-32(28-16-8-4-9-17-28)29-18-10-5-11-19-29)27-25-33(30-20-12-6-13-21-30)31-22-14-7-15-23-31/h4-23H,3,24-27H2,1-2H3. The monoisotopic (exact) mass is 498 g/mol. The Balaban J connectivity index is 1.50. The maximum absolute atomic E-state index is 2.67. The van der Waals surface area contributed by atoms with E-state index in [4.69, 9.17) is 0 Å². The summed E-state index contributed by atoms with van der Waals surface area (Å²) in [7, 11) is -1.94. The summed E-state index contributed by atoms with van der Waals surface area (Å²) in [5.74, 6) is 0. The Morgan fingerprint density at radius 2 is 0.735 bits per heavy atom. The van der Waals surface area contributed by atoms with Gasteiger partial charge in [-0.05, 0) is 49.4 Å². The second-order valence-corrected chi connectivity index (χ2v) is 19.3. The molecule has 3 heteroatoms. The van der Waals surface area contributed by atoms with Crippen LogP contribution in [0.3, 0.4) is 0 Å². The lowest BCUT2D eigenvalue weighted by atomic mass is 10.4. The van der Waals surface area contributed by atoms with E-state index < -0.39 is 8.07 Å². The van der Waals surface area contributed by atoms with Gasteiger partial charge in [0, 0.05) is 0 Å². The predicted molar refractivity (Wildman–Crippen MR) is 160 cm³/mol. The van der Waals surface area contributed by atoms with Crippen LogP contribution >= 0.6 is 15.8 Å². The third-order valence-electron chi connectivity index (χ3n) is 7.00. The Labute approximate surface area is 210 Å². The lowest BCUT2D eigenvalue weighted by molar-refractivity contribution is 1.18. The highest BCUT2D eigenvalue weighted by Crippen LogP contribution is 2.41. The van der Waals surface area contributed by atoms with E-state index in [0.717, 1.165) is 0 Å². The summed E-state index contributed by atoms with van der Waals surface area (Å²) in [6.45, 7) is 5.12. The van der Waals surface area contributed by atoms with Gasteiger partial charge >= 0.3 is 0 Å². The molecule has 0 fully saturated rings. The number of benzene rings is 4. The highest BCUT2D eigenvalue weighted by atomic mass is 31.1. The van der Waals surface area contributed by atoms with Crippen LogP contribution < -0.4 is 21.2 Å². The van der Waals surface area contributed by atoms with Gasteiger partial charge in [0.2, 0.25) is 0 Å². The summed E-state index contributed by atoms with van der Waals surface area (Å²) in [5, 5.41) is 6.08. The largest absolute Gasteiger partial charge is 0.0691 e. The molecule has 4 aromatic carbocycles. The van der Waals surface area contributed by atoms with Crippen molar-refractivity contribution in [3.05, 3.63) is 121 Å². The van der Waals surface area contributed by atoms with Crippen molar-refractivity contribution in [2.45, 2.75) is 31.6 Å². The van der Waals surface area contributed by atoms with Crippen molar-refractivity contribution < 1.29 is 0 Å². The molecule has 0 heterocycles. The van der Waals surface area contributed by atoms with Crippen LogP contribution in [0.15, 0.2) is 121 Å². The molecular formula is C31H36P2Si. The lowest BCUT2D eigenvalue weighted by Gasteiger charge is -2.31. The van der Waals surface area contributed by atoms with Gasteiger partial charge in [0.05, 0.1) is 8.07 Å². The molecule has 0 N–H and O–H groups in total. The molecule has 0 saturated heterocycles. The van der Waals surface area contributed by atoms with Crippen molar-refractivity contribution in [2.24, 2.45) is 0 Å². The van der Waals surface area contributed by atoms with E-state index in [1.54, 1.807) is 0 Å². The zero-order valence-electron chi connectivity index (χ0n) is 20.5. The van der Waals surface area contributed by atoms with Gasteiger partial charge in [-0.3, -0.25) is 0 Å². The fraction of sp³-hybridized carbons (Fsp3) is 0.226.